The van der Waals surface area contributed by atoms with E-state index in [9.17, 15) is 0 Å². The van der Waals surface area contributed by atoms with Gasteiger partial charge in [-0.25, -0.2) is 0 Å². The van der Waals surface area contributed by atoms with E-state index in [2.05, 4.69) is 15.5 Å². The van der Waals surface area contributed by atoms with Gasteiger partial charge in [0.1, 0.15) is 0 Å². The lowest BCUT2D eigenvalue weighted by molar-refractivity contribution is 0.0773. The summed E-state index contributed by atoms with van der Waals surface area (Å²) in [4.78, 5) is 4.52. The van der Waals surface area contributed by atoms with Gasteiger partial charge in [0.05, 0.1) is 12.5 Å². The van der Waals surface area contributed by atoms with Crippen molar-refractivity contribution in [1.29, 1.82) is 0 Å². The average molecular weight is 223 g/mol. The van der Waals surface area contributed by atoms with Gasteiger partial charge in [-0.05, 0) is 25.8 Å². The monoisotopic (exact) mass is 223 g/mol. The molecule has 1 aromatic heterocycles. The minimum Gasteiger partial charge on any atom is -0.381 e. The van der Waals surface area contributed by atoms with Crippen LogP contribution in [0.3, 0.4) is 0 Å². The molecule has 2 saturated heterocycles. The van der Waals surface area contributed by atoms with Gasteiger partial charge < -0.3 is 14.6 Å². The Labute approximate surface area is 94.6 Å². The first-order chi connectivity index (χ1) is 7.93. The Morgan fingerprint density at radius 3 is 3.00 bits per heavy atom. The van der Waals surface area contributed by atoms with Crippen LogP contribution in [0.2, 0.25) is 0 Å². The van der Waals surface area contributed by atoms with E-state index >= 15 is 0 Å². The lowest BCUT2D eigenvalue weighted by atomic mass is 10.0. The Bertz CT molecular complexity index is 341. The van der Waals surface area contributed by atoms with E-state index in [1.807, 2.05) is 0 Å². The Kier molecular flexibility index (Phi) is 2.88. The van der Waals surface area contributed by atoms with Gasteiger partial charge in [-0.1, -0.05) is 5.16 Å². The smallest absolute Gasteiger partial charge is 0.231 e. The molecule has 0 spiro atoms. The Morgan fingerprint density at radius 1 is 1.25 bits per heavy atom. The van der Waals surface area contributed by atoms with Crippen molar-refractivity contribution in [3.63, 3.8) is 0 Å². The third-order valence-electron chi connectivity index (χ3n) is 3.39. The average Bonchev–Trinajstić information content (AvgIpc) is 3.01. The van der Waals surface area contributed by atoms with Crippen molar-refractivity contribution in [3.05, 3.63) is 11.7 Å². The maximum Gasteiger partial charge on any atom is 0.231 e. The molecule has 16 heavy (non-hydrogen) atoms. The second-order valence-corrected chi connectivity index (χ2v) is 4.59. The maximum absolute atomic E-state index is 5.44. The molecule has 88 valence electrons. The van der Waals surface area contributed by atoms with Crippen molar-refractivity contribution in [2.75, 3.05) is 26.3 Å². The van der Waals surface area contributed by atoms with Gasteiger partial charge in [0, 0.05) is 19.1 Å². The van der Waals surface area contributed by atoms with Gasteiger partial charge in [0.25, 0.3) is 0 Å². The molecule has 0 radical (unpaired) electrons. The maximum atomic E-state index is 5.44. The van der Waals surface area contributed by atoms with Crippen LogP contribution in [-0.2, 0) is 4.74 Å². The van der Waals surface area contributed by atoms with E-state index in [0.29, 0.717) is 11.8 Å². The van der Waals surface area contributed by atoms with Crippen molar-refractivity contribution >= 4 is 0 Å². The Balaban J connectivity index is 1.71. The molecule has 0 aliphatic carbocycles. The van der Waals surface area contributed by atoms with Crippen molar-refractivity contribution < 1.29 is 9.26 Å². The summed E-state index contributed by atoms with van der Waals surface area (Å²) in [5.74, 6) is 2.37. The van der Waals surface area contributed by atoms with Gasteiger partial charge >= 0.3 is 0 Å². The second-order valence-electron chi connectivity index (χ2n) is 4.59. The molecule has 0 amide bonds. The highest BCUT2D eigenvalue weighted by Gasteiger charge is 2.26. The fourth-order valence-corrected chi connectivity index (χ4v) is 2.39. The summed E-state index contributed by atoms with van der Waals surface area (Å²) in [5, 5.41) is 7.40. The molecule has 2 fully saturated rings. The van der Waals surface area contributed by atoms with Crippen LogP contribution in [0.15, 0.2) is 4.52 Å². The van der Waals surface area contributed by atoms with E-state index in [4.69, 9.17) is 9.26 Å². The van der Waals surface area contributed by atoms with Gasteiger partial charge in [-0.2, -0.15) is 4.98 Å². The normalized spacial score (nSPS) is 30.8. The van der Waals surface area contributed by atoms with Crippen LogP contribution in [0.5, 0.6) is 0 Å². The second kappa shape index (κ2) is 4.51. The summed E-state index contributed by atoms with van der Waals surface area (Å²) in [6.07, 6.45) is 3.31. The predicted molar refractivity (Wildman–Crippen MR) is 57.3 cm³/mol. The van der Waals surface area contributed by atoms with Crippen LogP contribution >= 0.6 is 0 Å². The number of rotatable bonds is 2. The van der Waals surface area contributed by atoms with E-state index in [1.54, 1.807) is 0 Å². The molecule has 1 N–H and O–H groups in total. The fourth-order valence-electron chi connectivity index (χ4n) is 2.39. The van der Waals surface area contributed by atoms with Gasteiger partial charge in [0.15, 0.2) is 5.82 Å². The molecule has 5 nitrogen and oxygen atoms in total. The number of nitrogens with one attached hydrogen (secondary N) is 1. The lowest BCUT2D eigenvalue weighted by Gasteiger charge is -2.18. The van der Waals surface area contributed by atoms with Crippen molar-refractivity contribution in [1.82, 2.24) is 15.5 Å². The zero-order valence-electron chi connectivity index (χ0n) is 9.32. The number of hydrogen-bond acceptors (Lipinski definition) is 5. The summed E-state index contributed by atoms with van der Waals surface area (Å²) in [6.45, 7) is 3.62. The predicted octanol–water partition coefficient (Wildman–Crippen LogP) is 1.04. The highest BCUT2D eigenvalue weighted by Crippen LogP contribution is 2.26. The summed E-state index contributed by atoms with van der Waals surface area (Å²) in [5.41, 5.74) is 0. The SMILES string of the molecule is C1COCC(c2noc(C3CCNC3)n2)C1. The van der Waals surface area contributed by atoms with Crippen molar-refractivity contribution in [2.24, 2.45) is 0 Å². The van der Waals surface area contributed by atoms with Crippen molar-refractivity contribution in [2.45, 2.75) is 31.1 Å². The van der Waals surface area contributed by atoms with Gasteiger partial charge in [0.2, 0.25) is 5.89 Å². The molecule has 2 unspecified atom stereocenters. The molecular weight excluding hydrogens is 206 g/mol. The molecule has 2 aliphatic heterocycles. The molecular formula is C11H17N3O2. The highest BCUT2D eigenvalue weighted by atomic mass is 16.5. The Morgan fingerprint density at radius 2 is 2.25 bits per heavy atom. The van der Waals surface area contributed by atoms with E-state index < -0.39 is 0 Å². The molecule has 0 aromatic carbocycles. The number of nitrogens with zero attached hydrogens (tertiary/aromatic N) is 2. The minimum atomic E-state index is 0.334. The standard InChI is InChI=1S/C11H17N3O2/c1-2-9(7-15-5-1)10-13-11(16-14-10)8-3-4-12-6-8/h8-9,12H,1-7H2. The molecule has 2 atom stereocenters. The quantitative estimate of drug-likeness (QED) is 0.811. The largest absolute Gasteiger partial charge is 0.381 e. The molecule has 0 saturated carbocycles. The first kappa shape index (κ1) is 10.2. The van der Waals surface area contributed by atoms with Crippen LogP contribution in [0.25, 0.3) is 0 Å². The highest BCUT2D eigenvalue weighted by molar-refractivity contribution is 5.02. The summed E-state index contributed by atoms with van der Waals surface area (Å²) in [6, 6.07) is 0. The van der Waals surface area contributed by atoms with E-state index in [0.717, 1.165) is 57.3 Å². The lowest BCUT2D eigenvalue weighted by Crippen LogP contribution is -2.16. The minimum absolute atomic E-state index is 0.334. The van der Waals surface area contributed by atoms with Crippen molar-refractivity contribution in [3.8, 4) is 0 Å². The number of aromatic nitrogens is 2. The molecule has 3 heterocycles. The molecule has 3 rings (SSSR count). The van der Waals surface area contributed by atoms with E-state index in [1.165, 1.54) is 0 Å². The first-order valence-electron chi connectivity index (χ1n) is 6.05. The first-order valence-corrected chi connectivity index (χ1v) is 6.05. The molecule has 5 heteroatoms. The summed E-state index contributed by atoms with van der Waals surface area (Å²) in [7, 11) is 0. The summed E-state index contributed by atoms with van der Waals surface area (Å²) >= 11 is 0. The van der Waals surface area contributed by atoms with Crippen LogP contribution in [-0.4, -0.2) is 36.4 Å². The zero-order valence-corrected chi connectivity index (χ0v) is 9.32. The van der Waals surface area contributed by atoms with E-state index in [-0.39, 0.29) is 0 Å². The van der Waals surface area contributed by atoms with Gasteiger partial charge in [-0.3, -0.25) is 0 Å². The topological polar surface area (TPSA) is 60.2 Å². The molecule has 2 aliphatic rings. The van der Waals surface area contributed by atoms with Gasteiger partial charge in [-0.15, -0.1) is 0 Å². The molecule has 1 aromatic rings. The fraction of sp³-hybridized carbons (Fsp3) is 0.818. The number of hydrogen-bond donors (Lipinski definition) is 1. The third-order valence-corrected chi connectivity index (χ3v) is 3.39. The van der Waals surface area contributed by atoms with Crippen LogP contribution < -0.4 is 5.32 Å². The van der Waals surface area contributed by atoms with Crippen LogP contribution in [0, 0.1) is 0 Å². The summed E-state index contributed by atoms with van der Waals surface area (Å²) < 4.78 is 10.8. The number of ether oxygens (including phenoxy) is 1. The Hall–Kier alpha value is -0.940. The third kappa shape index (κ3) is 1.97. The van der Waals surface area contributed by atoms with Crippen LogP contribution in [0.1, 0.15) is 42.8 Å². The zero-order chi connectivity index (χ0) is 10.8. The van der Waals surface area contributed by atoms with Crippen LogP contribution in [0.4, 0.5) is 0 Å². The molecule has 0 bridgehead atoms.